The van der Waals surface area contributed by atoms with Crippen LogP contribution in [0, 0.1) is 24.7 Å². The Hall–Kier alpha value is -3.99. The maximum absolute atomic E-state index is 15.0. The van der Waals surface area contributed by atoms with E-state index in [9.17, 15) is 14.7 Å². The SMILES string of the molecule is CC[C@H](C)[C@H](CO)N1C(=O)[C@H]2[C@@H]3C(=O)O[C@@H](c4ccccc4)[C@H](C)N(C)C(=O)CC/C=C\[C@@H]3O[C@]23C=CCN(c2c(C)cccc2Cl)C(=O)[C@H]13. The van der Waals surface area contributed by atoms with Gasteiger partial charge in [-0.25, -0.2) is 0 Å². The number of halogens is 1. The second-order valence-corrected chi connectivity index (χ2v) is 14.4. The maximum Gasteiger partial charge on any atom is 0.313 e. The fourth-order valence-corrected chi connectivity index (χ4v) is 8.49. The molecule has 2 saturated heterocycles. The average molecular weight is 704 g/mol. The zero-order valence-corrected chi connectivity index (χ0v) is 30.0. The number of hydrogen-bond acceptors (Lipinski definition) is 7. The number of carbonyl (C=O) groups is 4. The summed E-state index contributed by atoms with van der Waals surface area (Å²) in [6.45, 7) is 7.38. The fraction of sp³-hybridized carbons (Fsp3) is 0.487. The topological polar surface area (TPSA) is 117 Å². The third-order valence-electron chi connectivity index (χ3n) is 11.2. The highest BCUT2D eigenvalue weighted by atomic mass is 35.5. The molecule has 0 radical (unpaired) electrons. The summed E-state index contributed by atoms with van der Waals surface area (Å²) in [6.07, 6.45) is 6.57. The van der Waals surface area contributed by atoms with Gasteiger partial charge in [0.25, 0.3) is 5.91 Å². The summed E-state index contributed by atoms with van der Waals surface area (Å²) in [5.41, 5.74) is 0.454. The smallest absolute Gasteiger partial charge is 0.313 e. The van der Waals surface area contributed by atoms with Gasteiger partial charge >= 0.3 is 5.97 Å². The number of anilines is 1. The molecule has 9 atom stereocenters. The summed E-state index contributed by atoms with van der Waals surface area (Å²) >= 11 is 6.70. The molecule has 0 aromatic heterocycles. The van der Waals surface area contributed by atoms with Crippen LogP contribution in [0.1, 0.15) is 57.3 Å². The molecule has 2 aromatic carbocycles. The van der Waals surface area contributed by atoms with E-state index in [-0.39, 0.29) is 31.4 Å². The minimum Gasteiger partial charge on any atom is -0.455 e. The van der Waals surface area contributed by atoms with Crippen LogP contribution in [0.25, 0.3) is 0 Å². The minimum atomic E-state index is -1.56. The summed E-state index contributed by atoms with van der Waals surface area (Å²) in [7, 11) is 1.70. The van der Waals surface area contributed by atoms with Crippen molar-refractivity contribution in [3.8, 4) is 0 Å². The van der Waals surface area contributed by atoms with Crippen molar-refractivity contribution in [2.24, 2.45) is 17.8 Å². The van der Waals surface area contributed by atoms with Gasteiger partial charge in [-0.15, -0.1) is 0 Å². The van der Waals surface area contributed by atoms with Crippen molar-refractivity contribution in [2.75, 3.05) is 25.1 Å². The molecule has 2 aromatic rings. The van der Waals surface area contributed by atoms with Gasteiger partial charge in [-0.05, 0) is 43.4 Å². The van der Waals surface area contributed by atoms with E-state index in [1.54, 1.807) is 47.2 Å². The lowest BCUT2D eigenvalue weighted by Gasteiger charge is -2.40. The largest absolute Gasteiger partial charge is 0.455 e. The van der Waals surface area contributed by atoms with Crippen LogP contribution >= 0.6 is 11.6 Å². The minimum absolute atomic E-state index is 0.0997. The molecule has 3 amide bonds. The number of benzene rings is 2. The monoisotopic (exact) mass is 703 g/mol. The van der Waals surface area contributed by atoms with E-state index in [1.165, 1.54) is 4.90 Å². The number of cyclic esters (lactones) is 1. The van der Waals surface area contributed by atoms with Crippen LogP contribution in [0.2, 0.25) is 5.02 Å². The molecule has 1 spiro atoms. The molecule has 4 heterocycles. The Bertz CT molecular complexity index is 1680. The number of esters is 1. The number of allylic oxidation sites excluding steroid dienone is 1. The number of amides is 3. The van der Waals surface area contributed by atoms with E-state index in [0.29, 0.717) is 29.1 Å². The molecule has 50 heavy (non-hydrogen) atoms. The molecule has 2 fully saturated rings. The maximum atomic E-state index is 15.0. The molecule has 0 saturated carbocycles. The van der Waals surface area contributed by atoms with Gasteiger partial charge in [0.2, 0.25) is 11.8 Å². The molecule has 0 aliphatic carbocycles. The Labute approximate surface area is 298 Å². The molecule has 4 aliphatic heterocycles. The van der Waals surface area contributed by atoms with Crippen LogP contribution in [-0.4, -0.2) is 88.6 Å². The lowest BCUT2D eigenvalue weighted by molar-refractivity contribution is -0.164. The molecule has 266 valence electrons. The van der Waals surface area contributed by atoms with Crippen LogP contribution in [-0.2, 0) is 28.7 Å². The number of likely N-dealkylation sites (tertiary alicyclic amines) is 1. The van der Waals surface area contributed by atoms with Crippen LogP contribution in [0.4, 0.5) is 5.69 Å². The van der Waals surface area contributed by atoms with Gasteiger partial charge in [-0.3, -0.25) is 19.2 Å². The Balaban J connectivity index is 1.50. The third-order valence-corrected chi connectivity index (χ3v) is 11.5. The molecule has 0 bridgehead atoms. The summed E-state index contributed by atoms with van der Waals surface area (Å²) in [5, 5.41) is 11.2. The number of rotatable bonds is 6. The second kappa shape index (κ2) is 14.3. The van der Waals surface area contributed by atoms with E-state index in [1.807, 2.05) is 70.2 Å². The summed E-state index contributed by atoms with van der Waals surface area (Å²) in [5.74, 6) is -4.05. The molecule has 10 nitrogen and oxygen atoms in total. The number of ether oxygens (including phenoxy) is 2. The van der Waals surface area contributed by atoms with E-state index in [0.717, 1.165) is 5.56 Å². The van der Waals surface area contributed by atoms with Crippen LogP contribution in [0.3, 0.4) is 0 Å². The highest BCUT2D eigenvalue weighted by Crippen LogP contribution is 2.55. The number of likely N-dealkylation sites (N-methyl/N-ethyl adjacent to an activating group) is 1. The molecular weight excluding hydrogens is 658 g/mol. The lowest BCUT2D eigenvalue weighted by atomic mass is 9.77. The number of hydrogen-bond donors (Lipinski definition) is 1. The molecule has 4 aliphatic rings. The van der Waals surface area contributed by atoms with Crippen molar-refractivity contribution in [2.45, 2.75) is 82.9 Å². The Morgan fingerprint density at radius 2 is 1.78 bits per heavy atom. The number of fused-ring (bicyclic) bond motifs is 2. The Morgan fingerprint density at radius 3 is 2.46 bits per heavy atom. The quantitative estimate of drug-likeness (QED) is 0.332. The Morgan fingerprint density at radius 1 is 1.04 bits per heavy atom. The fourth-order valence-electron chi connectivity index (χ4n) is 8.16. The average Bonchev–Trinajstić information content (AvgIpc) is 3.50. The number of para-hydroxylation sites is 1. The van der Waals surface area contributed by atoms with Crippen LogP contribution < -0.4 is 4.90 Å². The van der Waals surface area contributed by atoms with Crippen molar-refractivity contribution in [3.63, 3.8) is 0 Å². The van der Waals surface area contributed by atoms with E-state index < -0.39 is 65.6 Å². The highest BCUT2D eigenvalue weighted by Gasteiger charge is 2.73. The first-order chi connectivity index (χ1) is 24.0. The van der Waals surface area contributed by atoms with Gasteiger partial charge in [0.05, 0.1) is 41.4 Å². The van der Waals surface area contributed by atoms with Gasteiger partial charge in [-0.1, -0.05) is 98.6 Å². The van der Waals surface area contributed by atoms with Crippen molar-refractivity contribution < 1.29 is 33.8 Å². The van der Waals surface area contributed by atoms with Crippen molar-refractivity contribution >= 4 is 41.0 Å². The summed E-state index contributed by atoms with van der Waals surface area (Å²) < 4.78 is 13.2. The van der Waals surface area contributed by atoms with Gasteiger partial charge in [0.15, 0.2) is 0 Å². The predicted octanol–water partition coefficient (Wildman–Crippen LogP) is 5.02. The van der Waals surface area contributed by atoms with Crippen LogP contribution in [0.15, 0.2) is 72.8 Å². The number of carbonyl (C=O) groups excluding carboxylic acids is 4. The first-order valence-corrected chi connectivity index (χ1v) is 17.9. The molecular formula is C39H46ClN3O7. The summed E-state index contributed by atoms with van der Waals surface area (Å²) in [4.78, 5) is 62.5. The molecule has 6 rings (SSSR count). The van der Waals surface area contributed by atoms with Crippen LogP contribution in [0.5, 0.6) is 0 Å². The van der Waals surface area contributed by atoms with Gasteiger partial charge in [-0.2, -0.15) is 0 Å². The standard InChI is InChI=1S/C39H46ClN3O7/c1-6-23(2)28(22-44)43-35-37(47)42(33-24(3)14-12-17-27(33)40)21-13-20-39(35)32(36(43)46)31-29(50-39)18-10-11-19-30(45)41(5)25(4)34(49-38(31)48)26-15-8-7-9-16-26/h7-10,12-18,20,23,25,28-29,31-32,34-35,44H,6,11,19,21-22H2,1-5H3/b18-10-/t23-,25-,28-,29-,31+,32+,34+,35-,39+/m0/s1. The highest BCUT2D eigenvalue weighted by molar-refractivity contribution is 6.34. The number of nitrogens with zero attached hydrogens (tertiary/aromatic N) is 3. The zero-order chi connectivity index (χ0) is 35.9. The zero-order valence-electron chi connectivity index (χ0n) is 29.2. The second-order valence-electron chi connectivity index (χ2n) is 14.0. The van der Waals surface area contributed by atoms with Crippen molar-refractivity contribution in [1.82, 2.24) is 9.80 Å². The van der Waals surface area contributed by atoms with E-state index in [4.69, 9.17) is 21.1 Å². The number of aliphatic hydroxyl groups excluding tert-OH is 1. The van der Waals surface area contributed by atoms with Gasteiger partial charge in [0.1, 0.15) is 23.7 Å². The normalized spacial score (nSPS) is 31.9. The molecule has 0 unspecified atom stereocenters. The molecule has 11 heteroatoms. The van der Waals surface area contributed by atoms with Crippen molar-refractivity contribution in [1.29, 1.82) is 0 Å². The van der Waals surface area contributed by atoms with Gasteiger partial charge in [0, 0.05) is 20.0 Å². The third kappa shape index (κ3) is 5.95. The molecule has 1 N–H and O–H groups in total. The summed E-state index contributed by atoms with van der Waals surface area (Å²) in [6, 6.07) is 12.2. The van der Waals surface area contributed by atoms with Gasteiger partial charge < -0.3 is 29.3 Å². The van der Waals surface area contributed by atoms with E-state index in [2.05, 4.69) is 0 Å². The lowest BCUT2D eigenvalue weighted by Crippen LogP contribution is -2.59. The van der Waals surface area contributed by atoms with E-state index >= 15 is 9.59 Å². The predicted molar refractivity (Wildman–Crippen MR) is 189 cm³/mol. The first-order valence-electron chi connectivity index (χ1n) is 17.5. The first kappa shape index (κ1) is 35.8. The number of aryl methyl sites for hydroxylation is 1. The Kier molecular flexibility index (Phi) is 10.3. The van der Waals surface area contributed by atoms with Crippen molar-refractivity contribution in [3.05, 3.63) is 89.0 Å². The number of aliphatic hydroxyl groups is 1.